The Morgan fingerprint density at radius 2 is 2.43 bits per heavy atom. The summed E-state index contributed by atoms with van der Waals surface area (Å²) in [4.78, 5) is 10.1. The van der Waals surface area contributed by atoms with Crippen LogP contribution in [-0.2, 0) is 4.79 Å². The van der Waals surface area contributed by atoms with Gasteiger partial charge >= 0.3 is 0 Å². The van der Waals surface area contributed by atoms with Crippen LogP contribution < -0.4 is 5.32 Å². The molecule has 0 aromatic rings. The molecule has 0 fully saturated rings. The summed E-state index contributed by atoms with van der Waals surface area (Å²) < 4.78 is 0. The van der Waals surface area contributed by atoms with Crippen LogP contribution in [0.4, 0.5) is 0 Å². The topological polar surface area (TPSA) is 29.1 Å². The number of carbonyl (C=O) groups excluding carboxylic acids is 1. The standard InChI is InChI=1S/C5H10NO/c1-3-6-4-5(2)7/h6H,1,3-4H2,2H3. The average Bonchev–Trinajstić information content (AvgIpc) is 1.61. The number of carbonyl (C=O) groups is 1. The van der Waals surface area contributed by atoms with E-state index in [1.807, 2.05) is 0 Å². The first-order valence-electron chi connectivity index (χ1n) is 2.26. The molecule has 0 bridgehead atoms. The fourth-order valence-electron chi connectivity index (χ4n) is 0.264. The predicted molar refractivity (Wildman–Crippen MR) is 28.9 cm³/mol. The minimum Gasteiger partial charge on any atom is -0.310 e. The number of nitrogens with one attached hydrogen (secondary N) is 1. The molecule has 1 N–H and O–H groups in total. The summed E-state index contributed by atoms with van der Waals surface area (Å²) in [6.45, 7) is 6.11. The van der Waals surface area contributed by atoms with Gasteiger partial charge in [0.05, 0.1) is 6.54 Å². The molecule has 0 aliphatic rings. The molecule has 0 atom stereocenters. The van der Waals surface area contributed by atoms with Gasteiger partial charge in [-0.05, 0) is 20.4 Å². The van der Waals surface area contributed by atoms with E-state index in [1.54, 1.807) is 6.92 Å². The van der Waals surface area contributed by atoms with Crippen LogP contribution in [0.5, 0.6) is 0 Å². The Balaban J connectivity index is 2.82. The van der Waals surface area contributed by atoms with Crippen LogP contribution in [0.15, 0.2) is 0 Å². The Kier molecular flexibility index (Phi) is 3.61. The molecule has 7 heavy (non-hydrogen) atoms. The molecule has 2 nitrogen and oxygen atoms in total. The van der Waals surface area contributed by atoms with E-state index in [2.05, 4.69) is 12.2 Å². The molecule has 0 rings (SSSR count). The van der Waals surface area contributed by atoms with E-state index in [9.17, 15) is 4.79 Å². The minimum absolute atomic E-state index is 0.156. The first-order valence-corrected chi connectivity index (χ1v) is 2.26. The highest BCUT2D eigenvalue weighted by Crippen LogP contribution is 1.60. The third kappa shape index (κ3) is 5.63. The van der Waals surface area contributed by atoms with Crippen molar-refractivity contribution in [3.05, 3.63) is 6.92 Å². The van der Waals surface area contributed by atoms with Crippen molar-refractivity contribution in [1.82, 2.24) is 5.32 Å². The van der Waals surface area contributed by atoms with Crippen molar-refractivity contribution >= 4 is 5.78 Å². The van der Waals surface area contributed by atoms with Crippen molar-refractivity contribution in [3.8, 4) is 0 Å². The van der Waals surface area contributed by atoms with Gasteiger partial charge in [-0.25, -0.2) is 0 Å². The first-order chi connectivity index (χ1) is 3.27. The van der Waals surface area contributed by atoms with Gasteiger partial charge in [0.25, 0.3) is 0 Å². The third-order valence-corrected chi connectivity index (χ3v) is 0.551. The quantitative estimate of drug-likeness (QED) is 0.541. The van der Waals surface area contributed by atoms with Crippen LogP contribution in [0.3, 0.4) is 0 Å². The summed E-state index contributed by atoms with van der Waals surface area (Å²) in [5, 5.41) is 2.79. The van der Waals surface area contributed by atoms with E-state index in [-0.39, 0.29) is 5.78 Å². The Morgan fingerprint density at radius 3 is 2.57 bits per heavy atom. The smallest absolute Gasteiger partial charge is 0.143 e. The number of hydrogen-bond acceptors (Lipinski definition) is 2. The van der Waals surface area contributed by atoms with Crippen LogP contribution in [0.25, 0.3) is 0 Å². The zero-order chi connectivity index (χ0) is 5.70. The molecule has 2 heteroatoms. The van der Waals surface area contributed by atoms with Crippen LogP contribution >= 0.6 is 0 Å². The number of Topliss-reactive ketones (excluding diaryl/α,β-unsaturated/α-hetero) is 1. The van der Waals surface area contributed by atoms with Crippen molar-refractivity contribution in [3.63, 3.8) is 0 Å². The van der Waals surface area contributed by atoms with E-state index in [0.29, 0.717) is 13.1 Å². The molecule has 0 aliphatic heterocycles. The Labute approximate surface area is 43.9 Å². The Bertz CT molecular complexity index is 61.1. The van der Waals surface area contributed by atoms with Gasteiger partial charge in [0, 0.05) is 0 Å². The van der Waals surface area contributed by atoms with Crippen LogP contribution in [0.2, 0.25) is 0 Å². The second-order valence-corrected chi connectivity index (χ2v) is 1.38. The third-order valence-electron chi connectivity index (χ3n) is 0.551. The highest BCUT2D eigenvalue weighted by molar-refractivity contribution is 5.77. The molecular formula is C5H10NO. The zero-order valence-corrected chi connectivity index (χ0v) is 4.53. The van der Waals surface area contributed by atoms with Crippen molar-refractivity contribution in [2.24, 2.45) is 0 Å². The molecule has 0 heterocycles. The fourth-order valence-corrected chi connectivity index (χ4v) is 0.264. The van der Waals surface area contributed by atoms with Crippen LogP contribution in [0, 0.1) is 6.92 Å². The zero-order valence-electron chi connectivity index (χ0n) is 4.53. The summed E-state index contributed by atoms with van der Waals surface area (Å²) in [7, 11) is 0. The first kappa shape index (κ1) is 6.63. The maximum atomic E-state index is 10.1. The van der Waals surface area contributed by atoms with E-state index >= 15 is 0 Å². The summed E-state index contributed by atoms with van der Waals surface area (Å²) in [5.74, 6) is 0.156. The lowest BCUT2D eigenvalue weighted by Gasteiger charge is -1.91. The monoisotopic (exact) mass is 100 g/mol. The second-order valence-electron chi connectivity index (χ2n) is 1.38. The lowest BCUT2D eigenvalue weighted by atomic mass is 10.4. The van der Waals surface area contributed by atoms with Crippen LogP contribution in [0.1, 0.15) is 6.92 Å². The normalized spacial score (nSPS) is 8.86. The lowest BCUT2D eigenvalue weighted by Crippen LogP contribution is -2.19. The maximum Gasteiger partial charge on any atom is 0.143 e. The molecule has 0 aliphatic carbocycles. The van der Waals surface area contributed by atoms with Gasteiger partial charge in [-0.3, -0.25) is 4.79 Å². The van der Waals surface area contributed by atoms with Crippen LogP contribution in [-0.4, -0.2) is 18.9 Å². The van der Waals surface area contributed by atoms with E-state index < -0.39 is 0 Å². The van der Waals surface area contributed by atoms with Gasteiger partial charge in [-0.2, -0.15) is 0 Å². The molecule has 0 aromatic heterocycles. The molecule has 41 valence electrons. The summed E-state index contributed by atoms with van der Waals surface area (Å²) >= 11 is 0. The van der Waals surface area contributed by atoms with Gasteiger partial charge < -0.3 is 5.32 Å². The molecule has 0 amide bonds. The van der Waals surface area contributed by atoms with Gasteiger partial charge in [0.15, 0.2) is 0 Å². The average molecular weight is 100 g/mol. The number of hydrogen-bond donors (Lipinski definition) is 1. The summed E-state index contributed by atoms with van der Waals surface area (Å²) in [6, 6.07) is 0. The SMILES string of the molecule is [CH2]CNCC(C)=O. The van der Waals surface area contributed by atoms with Crippen molar-refractivity contribution in [2.45, 2.75) is 6.92 Å². The van der Waals surface area contributed by atoms with Gasteiger partial charge in [-0.15, -0.1) is 0 Å². The molecular weight excluding hydrogens is 90.1 g/mol. The van der Waals surface area contributed by atoms with Gasteiger partial charge in [0.1, 0.15) is 5.78 Å². The maximum absolute atomic E-state index is 10.1. The highest BCUT2D eigenvalue weighted by atomic mass is 16.1. The minimum atomic E-state index is 0.156. The fraction of sp³-hybridized carbons (Fsp3) is 0.600. The molecule has 0 saturated carbocycles. The number of rotatable bonds is 3. The predicted octanol–water partition coefficient (Wildman–Crippen LogP) is -0.000910. The van der Waals surface area contributed by atoms with E-state index in [1.165, 1.54) is 0 Å². The molecule has 0 spiro atoms. The lowest BCUT2D eigenvalue weighted by molar-refractivity contribution is -0.116. The molecule has 0 saturated heterocycles. The largest absolute Gasteiger partial charge is 0.310 e. The molecule has 0 aromatic carbocycles. The molecule has 1 radical (unpaired) electrons. The Morgan fingerprint density at radius 1 is 1.86 bits per heavy atom. The van der Waals surface area contributed by atoms with Crippen molar-refractivity contribution < 1.29 is 4.79 Å². The second kappa shape index (κ2) is 3.81. The number of ketones is 1. The van der Waals surface area contributed by atoms with Gasteiger partial charge in [-0.1, -0.05) is 0 Å². The Hall–Kier alpha value is -0.370. The van der Waals surface area contributed by atoms with Crippen molar-refractivity contribution in [1.29, 1.82) is 0 Å². The van der Waals surface area contributed by atoms with E-state index in [0.717, 1.165) is 0 Å². The highest BCUT2D eigenvalue weighted by Gasteiger charge is 1.85. The summed E-state index contributed by atoms with van der Waals surface area (Å²) in [6.07, 6.45) is 0. The van der Waals surface area contributed by atoms with Crippen molar-refractivity contribution in [2.75, 3.05) is 13.1 Å². The van der Waals surface area contributed by atoms with E-state index in [4.69, 9.17) is 0 Å². The van der Waals surface area contributed by atoms with Gasteiger partial charge in [0.2, 0.25) is 0 Å². The molecule has 0 unspecified atom stereocenters. The summed E-state index contributed by atoms with van der Waals surface area (Å²) in [5.41, 5.74) is 0.